The molecule has 1 aliphatic heterocycles. The molecule has 5 nitrogen and oxygen atoms in total. The van der Waals surface area contributed by atoms with E-state index in [0.29, 0.717) is 16.3 Å². The number of nitrogens with zero attached hydrogens (tertiary/aromatic N) is 3. The molecule has 2 aromatic heterocycles. The molecule has 3 rings (SSSR count). The van der Waals surface area contributed by atoms with Crippen LogP contribution in [0.5, 0.6) is 0 Å². The standard InChI is InChI=1S/C11H14N4OS/c1-7-3-2-4-15(5-7)11-14-9-8(17-11)10(16)13-6-12-9/h6-7H,2-5H2,1H3,(H,12,13,16)/t7-/m1/s1. The molecule has 0 bridgehead atoms. The highest BCUT2D eigenvalue weighted by molar-refractivity contribution is 7.22. The first-order chi connectivity index (χ1) is 8.24. The molecule has 0 spiro atoms. The van der Waals surface area contributed by atoms with Gasteiger partial charge in [-0.1, -0.05) is 18.3 Å². The fourth-order valence-corrected chi connectivity index (χ4v) is 3.20. The van der Waals surface area contributed by atoms with Crippen LogP contribution in [0.3, 0.4) is 0 Å². The van der Waals surface area contributed by atoms with E-state index in [0.717, 1.165) is 18.2 Å². The number of nitrogens with one attached hydrogen (secondary N) is 1. The highest BCUT2D eigenvalue weighted by Gasteiger charge is 2.20. The molecule has 0 aromatic carbocycles. The molecule has 0 radical (unpaired) electrons. The van der Waals surface area contributed by atoms with Crippen LogP contribution in [-0.2, 0) is 0 Å². The summed E-state index contributed by atoms with van der Waals surface area (Å²) in [5.74, 6) is 0.696. The molecule has 0 unspecified atom stereocenters. The lowest BCUT2D eigenvalue weighted by Gasteiger charge is -2.30. The minimum absolute atomic E-state index is 0.0937. The van der Waals surface area contributed by atoms with Gasteiger partial charge in [-0.3, -0.25) is 4.79 Å². The first-order valence-corrected chi connectivity index (χ1v) is 6.65. The first kappa shape index (κ1) is 10.7. The third-order valence-corrected chi connectivity index (χ3v) is 4.22. The van der Waals surface area contributed by atoms with E-state index < -0.39 is 0 Å². The molecule has 1 fully saturated rings. The summed E-state index contributed by atoms with van der Waals surface area (Å²) in [6, 6.07) is 0. The predicted octanol–water partition coefficient (Wildman–Crippen LogP) is 1.62. The topological polar surface area (TPSA) is 61.9 Å². The number of fused-ring (bicyclic) bond motifs is 1. The predicted molar refractivity (Wildman–Crippen MR) is 68.6 cm³/mol. The molecule has 3 heterocycles. The van der Waals surface area contributed by atoms with Gasteiger partial charge in [0.25, 0.3) is 5.56 Å². The zero-order chi connectivity index (χ0) is 11.8. The summed E-state index contributed by atoms with van der Waals surface area (Å²) in [4.78, 5) is 25.0. The van der Waals surface area contributed by atoms with Crippen LogP contribution in [-0.4, -0.2) is 28.0 Å². The second-order valence-electron chi connectivity index (χ2n) is 4.57. The highest BCUT2D eigenvalue weighted by Crippen LogP contribution is 2.28. The van der Waals surface area contributed by atoms with Gasteiger partial charge in [-0.05, 0) is 18.8 Å². The maximum absolute atomic E-state index is 11.6. The summed E-state index contributed by atoms with van der Waals surface area (Å²) in [7, 11) is 0. The maximum Gasteiger partial charge on any atom is 0.270 e. The number of anilines is 1. The normalized spacial score (nSPS) is 21.0. The van der Waals surface area contributed by atoms with Crippen molar-refractivity contribution in [1.82, 2.24) is 15.0 Å². The zero-order valence-electron chi connectivity index (χ0n) is 9.64. The second kappa shape index (κ2) is 4.10. The maximum atomic E-state index is 11.6. The van der Waals surface area contributed by atoms with Crippen LogP contribution in [0.25, 0.3) is 10.3 Å². The summed E-state index contributed by atoms with van der Waals surface area (Å²) >= 11 is 1.44. The van der Waals surface area contributed by atoms with Crippen molar-refractivity contribution < 1.29 is 0 Å². The highest BCUT2D eigenvalue weighted by atomic mass is 32.1. The first-order valence-electron chi connectivity index (χ1n) is 5.83. The minimum Gasteiger partial charge on any atom is -0.348 e. The van der Waals surface area contributed by atoms with E-state index >= 15 is 0 Å². The molecule has 17 heavy (non-hydrogen) atoms. The lowest BCUT2D eigenvalue weighted by atomic mass is 10.0. The molecule has 1 aliphatic rings. The van der Waals surface area contributed by atoms with Gasteiger partial charge in [-0.25, -0.2) is 4.98 Å². The van der Waals surface area contributed by atoms with E-state index in [1.54, 1.807) is 0 Å². The Morgan fingerprint density at radius 1 is 1.59 bits per heavy atom. The summed E-state index contributed by atoms with van der Waals surface area (Å²) < 4.78 is 0.626. The van der Waals surface area contributed by atoms with Crippen molar-refractivity contribution in [3.8, 4) is 0 Å². The summed E-state index contributed by atoms with van der Waals surface area (Å²) in [6.07, 6.45) is 3.88. The monoisotopic (exact) mass is 250 g/mol. The number of aromatic nitrogens is 3. The van der Waals surface area contributed by atoms with Crippen molar-refractivity contribution in [1.29, 1.82) is 0 Å². The van der Waals surface area contributed by atoms with Gasteiger partial charge in [-0.2, -0.15) is 4.98 Å². The Morgan fingerprint density at radius 3 is 3.24 bits per heavy atom. The Bertz CT molecular complexity index is 590. The Morgan fingerprint density at radius 2 is 2.47 bits per heavy atom. The van der Waals surface area contributed by atoms with Gasteiger partial charge < -0.3 is 9.88 Å². The Kier molecular flexibility index (Phi) is 2.58. The SMILES string of the molecule is C[C@@H]1CCCN(c2nc3nc[nH]c(=O)c3s2)C1. The summed E-state index contributed by atoms with van der Waals surface area (Å²) in [5.41, 5.74) is 0.468. The molecular formula is C11H14N4OS. The molecular weight excluding hydrogens is 236 g/mol. The number of thiazole rings is 1. The fraction of sp³-hybridized carbons (Fsp3) is 0.545. The fourth-order valence-electron chi connectivity index (χ4n) is 2.25. The zero-order valence-corrected chi connectivity index (χ0v) is 10.5. The quantitative estimate of drug-likeness (QED) is 0.835. The second-order valence-corrected chi connectivity index (χ2v) is 5.55. The molecule has 6 heteroatoms. The average Bonchev–Trinajstić information content (AvgIpc) is 2.74. The van der Waals surface area contributed by atoms with Crippen LogP contribution in [0.4, 0.5) is 5.13 Å². The van der Waals surface area contributed by atoms with Gasteiger partial charge in [0.2, 0.25) is 0 Å². The number of H-pyrrole nitrogens is 1. The molecule has 1 atom stereocenters. The van der Waals surface area contributed by atoms with Crippen molar-refractivity contribution in [3.05, 3.63) is 16.7 Å². The largest absolute Gasteiger partial charge is 0.348 e. The number of rotatable bonds is 1. The van der Waals surface area contributed by atoms with Crippen LogP contribution in [0.15, 0.2) is 11.1 Å². The molecule has 1 N–H and O–H groups in total. The number of hydrogen-bond donors (Lipinski definition) is 1. The molecule has 1 saturated heterocycles. The third-order valence-electron chi connectivity index (χ3n) is 3.11. The van der Waals surface area contributed by atoms with Gasteiger partial charge in [0.05, 0.1) is 6.33 Å². The van der Waals surface area contributed by atoms with Crippen LogP contribution >= 0.6 is 11.3 Å². The van der Waals surface area contributed by atoms with Crippen molar-refractivity contribution in [2.24, 2.45) is 5.92 Å². The summed E-state index contributed by atoms with van der Waals surface area (Å²) in [6.45, 7) is 4.31. The molecule has 90 valence electrons. The van der Waals surface area contributed by atoms with E-state index in [1.807, 2.05) is 0 Å². The van der Waals surface area contributed by atoms with Crippen molar-refractivity contribution in [2.45, 2.75) is 19.8 Å². The van der Waals surface area contributed by atoms with Gasteiger partial charge >= 0.3 is 0 Å². The number of piperidine rings is 1. The van der Waals surface area contributed by atoms with E-state index in [-0.39, 0.29) is 5.56 Å². The van der Waals surface area contributed by atoms with Gasteiger partial charge in [-0.15, -0.1) is 0 Å². The van der Waals surface area contributed by atoms with Crippen molar-refractivity contribution >= 4 is 26.8 Å². The van der Waals surface area contributed by atoms with Crippen LogP contribution in [0.2, 0.25) is 0 Å². The smallest absolute Gasteiger partial charge is 0.270 e. The lowest BCUT2D eigenvalue weighted by molar-refractivity contribution is 0.446. The van der Waals surface area contributed by atoms with E-state index in [2.05, 4.69) is 26.8 Å². The average molecular weight is 250 g/mol. The molecule has 0 saturated carbocycles. The summed E-state index contributed by atoms with van der Waals surface area (Å²) in [5, 5.41) is 0.927. The van der Waals surface area contributed by atoms with Crippen LogP contribution in [0, 0.1) is 5.92 Å². The Hall–Kier alpha value is -1.43. The van der Waals surface area contributed by atoms with E-state index in [4.69, 9.17) is 0 Å². The Labute approximate surface area is 103 Å². The van der Waals surface area contributed by atoms with E-state index in [1.165, 1.54) is 30.5 Å². The van der Waals surface area contributed by atoms with Crippen molar-refractivity contribution in [2.75, 3.05) is 18.0 Å². The molecule has 2 aromatic rings. The molecule has 0 aliphatic carbocycles. The van der Waals surface area contributed by atoms with Crippen LogP contribution < -0.4 is 10.5 Å². The number of aromatic amines is 1. The van der Waals surface area contributed by atoms with Crippen molar-refractivity contribution in [3.63, 3.8) is 0 Å². The Balaban J connectivity index is 2.00. The van der Waals surface area contributed by atoms with Gasteiger partial charge in [0.1, 0.15) is 4.70 Å². The van der Waals surface area contributed by atoms with E-state index in [9.17, 15) is 4.79 Å². The van der Waals surface area contributed by atoms with Gasteiger partial charge in [0.15, 0.2) is 10.8 Å². The van der Waals surface area contributed by atoms with Gasteiger partial charge in [0, 0.05) is 13.1 Å². The van der Waals surface area contributed by atoms with Crippen LogP contribution in [0.1, 0.15) is 19.8 Å². The number of hydrogen-bond acceptors (Lipinski definition) is 5. The molecule has 0 amide bonds. The minimum atomic E-state index is -0.0937. The third kappa shape index (κ3) is 1.93. The lowest BCUT2D eigenvalue weighted by Crippen LogP contribution is -2.34.